The van der Waals surface area contributed by atoms with Gasteiger partial charge in [-0.2, -0.15) is 0 Å². The molecule has 1 atom stereocenters. The Morgan fingerprint density at radius 2 is 1.64 bits per heavy atom. The standard InChI is InChI=1S/C23H21NO3.ClH/c1-24-9-8-15-10-16(13-2-5-17(25)6-3-13)11-18-21(15)19(24)12-14-4-7-20(26)23(27)22(14)18;/h2-7,10-11,19,25-27H,8-9,12H2,1H3;1H/t19-;/m1./s1. The van der Waals surface area contributed by atoms with E-state index in [0.29, 0.717) is 0 Å². The van der Waals surface area contributed by atoms with E-state index in [4.69, 9.17) is 0 Å². The van der Waals surface area contributed by atoms with E-state index in [2.05, 4.69) is 24.1 Å². The molecule has 3 aromatic rings. The highest BCUT2D eigenvalue weighted by Gasteiger charge is 2.34. The minimum Gasteiger partial charge on any atom is -0.508 e. The van der Waals surface area contributed by atoms with Crippen molar-refractivity contribution in [3.8, 4) is 39.5 Å². The van der Waals surface area contributed by atoms with Crippen molar-refractivity contribution in [2.45, 2.75) is 18.9 Å². The lowest BCUT2D eigenvalue weighted by atomic mass is 9.75. The zero-order chi connectivity index (χ0) is 18.7. The van der Waals surface area contributed by atoms with Gasteiger partial charge in [-0.05, 0) is 77.5 Å². The quantitative estimate of drug-likeness (QED) is 0.525. The lowest BCUT2D eigenvalue weighted by Gasteiger charge is -2.40. The average molecular weight is 396 g/mol. The van der Waals surface area contributed by atoms with Crippen molar-refractivity contribution in [1.82, 2.24) is 4.90 Å². The summed E-state index contributed by atoms with van der Waals surface area (Å²) < 4.78 is 0. The summed E-state index contributed by atoms with van der Waals surface area (Å²) in [6, 6.07) is 15.3. The number of likely N-dealkylation sites (N-methyl/N-ethyl adjacent to an activating group) is 1. The molecule has 0 amide bonds. The second kappa shape index (κ2) is 6.73. The monoisotopic (exact) mass is 395 g/mol. The van der Waals surface area contributed by atoms with Gasteiger partial charge in [0.1, 0.15) is 5.75 Å². The molecule has 0 aromatic heterocycles. The van der Waals surface area contributed by atoms with Crippen LogP contribution in [-0.4, -0.2) is 33.8 Å². The molecule has 0 spiro atoms. The van der Waals surface area contributed by atoms with Crippen LogP contribution in [0.1, 0.15) is 22.7 Å². The third-order valence-electron chi connectivity index (χ3n) is 5.99. The largest absolute Gasteiger partial charge is 0.508 e. The first-order valence-electron chi connectivity index (χ1n) is 9.23. The first-order valence-corrected chi connectivity index (χ1v) is 9.23. The Morgan fingerprint density at radius 3 is 2.39 bits per heavy atom. The predicted molar refractivity (Wildman–Crippen MR) is 112 cm³/mol. The molecule has 5 rings (SSSR count). The second-order valence-corrected chi connectivity index (χ2v) is 7.56. The molecule has 1 aliphatic heterocycles. The number of phenolic OH excluding ortho intramolecular Hbond substituents is 3. The fourth-order valence-corrected chi connectivity index (χ4v) is 4.57. The van der Waals surface area contributed by atoms with Crippen molar-refractivity contribution in [3.63, 3.8) is 0 Å². The van der Waals surface area contributed by atoms with Gasteiger partial charge in [-0.25, -0.2) is 0 Å². The first kappa shape index (κ1) is 18.7. The molecule has 144 valence electrons. The Hall–Kier alpha value is -2.69. The summed E-state index contributed by atoms with van der Waals surface area (Å²) in [5.41, 5.74) is 7.45. The Bertz CT molecular complexity index is 1060. The number of hydrogen-bond acceptors (Lipinski definition) is 4. The Balaban J connectivity index is 0.00000192. The molecule has 5 heteroatoms. The Labute approximate surface area is 170 Å². The third kappa shape index (κ3) is 2.72. The van der Waals surface area contributed by atoms with E-state index in [1.54, 1.807) is 18.2 Å². The first-order chi connectivity index (χ1) is 13.0. The Kier molecular flexibility index (Phi) is 4.48. The van der Waals surface area contributed by atoms with Gasteiger partial charge in [0.05, 0.1) is 0 Å². The van der Waals surface area contributed by atoms with Gasteiger partial charge in [0, 0.05) is 18.2 Å². The fraction of sp³-hybridized carbons (Fsp3) is 0.217. The molecular formula is C23H22ClNO3. The van der Waals surface area contributed by atoms with Gasteiger partial charge in [-0.1, -0.05) is 24.3 Å². The zero-order valence-corrected chi connectivity index (χ0v) is 16.3. The van der Waals surface area contributed by atoms with Gasteiger partial charge in [0.25, 0.3) is 0 Å². The maximum atomic E-state index is 10.6. The molecule has 0 bridgehead atoms. The predicted octanol–water partition coefficient (Wildman–Crippen LogP) is 4.64. The lowest BCUT2D eigenvalue weighted by molar-refractivity contribution is 0.228. The molecule has 3 N–H and O–H groups in total. The minimum atomic E-state index is -0.0832. The van der Waals surface area contributed by atoms with Crippen molar-refractivity contribution in [2.75, 3.05) is 13.6 Å². The van der Waals surface area contributed by atoms with Gasteiger partial charge in [-0.15, -0.1) is 12.4 Å². The Morgan fingerprint density at radius 1 is 0.893 bits per heavy atom. The highest BCUT2D eigenvalue weighted by molar-refractivity contribution is 5.86. The number of benzene rings is 3. The van der Waals surface area contributed by atoms with Crippen LogP contribution in [-0.2, 0) is 12.8 Å². The number of halogens is 1. The SMILES string of the molecule is CN1CCc2cc(-c3ccc(O)cc3)cc3c2[C@H]1Cc1ccc(O)c(O)c1-3.Cl. The van der Waals surface area contributed by atoms with Crippen LogP contribution in [0.3, 0.4) is 0 Å². The van der Waals surface area contributed by atoms with Crippen molar-refractivity contribution >= 4 is 12.4 Å². The van der Waals surface area contributed by atoms with Gasteiger partial charge < -0.3 is 15.3 Å². The fourth-order valence-electron chi connectivity index (χ4n) is 4.57. The number of aromatic hydroxyl groups is 3. The van der Waals surface area contributed by atoms with Crippen molar-refractivity contribution in [2.24, 2.45) is 0 Å². The summed E-state index contributed by atoms with van der Waals surface area (Å²) in [7, 11) is 2.15. The van der Waals surface area contributed by atoms with E-state index in [0.717, 1.165) is 47.2 Å². The topological polar surface area (TPSA) is 63.9 Å². The van der Waals surface area contributed by atoms with Crippen LogP contribution < -0.4 is 0 Å². The number of fused-ring (bicyclic) bond motifs is 2. The van der Waals surface area contributed by atoms with Crippen LogP contribution >= 0.6 is 12.4 Å². The molecule has 2 aliphatic rings. The normalized spacial score (nSPS) is 17.4. The summed E-state index contributed by atoms with van der Waals surface area (Å²) >= 11 is 0. The van der Waals surface area contributed by atoms with Crippen molar-refractivity contribution < 1.29 is 15.3 Å². The van der Waals surface area contributed by atoms with E-state index in [9.17, 15) is 15.3 Å². The van der Waals surface area contributed by atoms with Crippen LogP contribution in [0.5, 0.6) is 17.2 Å². The van der Waals surface area contributed by atoms with E-state index in [1.807, 2.05) is 18.2 Å². The summed E-state index contributed by atoms with van der Waals surface area (Å²) in [6.07, 6.45) is 1.79. The minimum absolute atomic E-state index is 0. The van der Waals surface area contributed by atoms with Crippen molar-refractivity contribution in [3.05, 3.63) is 65.2 Å². The molecule has 3 aromatic carbocycles. The summed E-state index contributed by atoms with van der Waals surface area (Å²) in [5.74, 6) is 0.122. The van der Waals surface area contributed by atoms with Crippen LogP contribution in [0.4, 0.5) is 0 Å². The smallest absolute Gasteiger partial charge is 0.165 e. The summed E-state index contributed by atoms with van der Waals surface area (Å²) in [5, 5.41) is 30.3. The molecule has 4 nitrogen and oxygen atoms in total. The molecule has 0 saturated carbocycles. The van der Waals surface area contributed by atoms with Gasteiger partial charge in [-0.3, -0.25) is 4.90 Å². The molecule has 0 saturated heterocycles. The van der Waals surface area contributed by atoms with E-state index in [-0.39, 0.29) is 35.7 Å². The van der Waals surface area contributed by atoms with Gasteiger partial charge in [0.2, 0.25) is 0 Å². The molecular weight excluding hydrogens is 374 g/mol. The van der Waals surface area contributed by atoms with Crippen LogP contribution in [0.15, 0.2) is 48.5 Å². The highest BCUT2D eigenvalue weighted by Crippen LogP contribution is 2.51. The van der Waals surface area contributed by atoms with E-state index in [1.165, 1.54) is 11.1 Å². The molecule has 1 aliphatic carbocycles. The van der Waals surface area contributed by atoms with Crippen LogP contribution in [0.2, 0.25) is 0 Å². The molecule has 28 heavy (non-hydrogen) atoms. The number of hydrogen-bond donors (Lipinski definition) is 3. The van der Waals surface area contributed by atoms with Crippen LogP contribution in [0.25, 0.3) is 22.3 Å². The van der Waals surface area contributed by atoms with E-state index < -0.39 is 0 Å². The number of rotatable bonds is 1. The van der Waals surface area contributed by atoms with Crippen molar-refractivity contribution in [1.29, 1.82) is 0 Å². The molecule has 0 unspecified atom stereocenters. The molecule has 0 radical (unpaired) electrons. The number of phenols is 3. The average Bonchev–Trinajstić information content (AvgIpc) is 2.67. The van der Waals surface area contributed by atoms with E-state index >= 15 is 0 Å². The van der Waals surface area contributed by atoms with Gasteiger partial charge >= 0.3 is 0 Å². The lowest BCUT2D eigenvalue weighted by Crippen LogP contribution is -2.35. The highest BCUT2D eigenvalue weighted by atomic mass is 35.5. The zero-order valence-electron chi connectivity index (χ0n) is 15.5. The maximum absolute atomic E-state index is 10.6. The second-order valence-electron chi connectivity index (χ2n) is 7.56. The number of nitrogens with zero attached hydrogens (tertiary/aromatic N) is 1. The molecule has 0 fully saturated rings. The maximum Gasteiger partial charge on any atom is 0.165 e. The molecule has 1 heterocycles. The van der Waals surface area contributed by atoms with Gasteiger partial charge in [0.15, 0.2) is 11.5 Å². The summed E-state index contributed by atoms with van der Waals surface area (Å²) in [6.45, 7) is 0.996. The van der Waals surface area contributed by atoms with Crippen LogP contribution in [0, 0.1) is 0 Å². The third-order valence-corrected chi connectivity index (χ3v) is 5.99. The summed E-state index contributed by atoms with van der Waals surface area (Å²) in [4.78, 5) is 2.37.